The van der Waals surface area contributed by atoms with Crippen molar-refractivity contribution in [2.75, 3.05) is 31.2 Å². The maximum atomic E-state index is 2.46. The molecule has 0 aromatic heterocycles. The van der Waals surface area contributed by atoms with Crippen LogP contribution in [0.4, 0.5) is 5.69 Å². The van der Waals surface area contributed by atoms with Crippen molar-refractivity contribution in [2.45, 2.75) is 13.8 Å². The smallest absolute Gasteiger partial charge is 0.0708 e. The van der Waals surface area contributed by atoms with Gasteiger partial charge < -0.3 is 4.90 Å². The van der Waals surface area contributed by atoms with E-state index in [0.717, 1.165) is 19.8 Å². The fourth-order valence-electron chi connectivity index (χ4n) is 1.87. The fraction of sp³-hybridized carbons (Fsp3) is 0.500. The van der Waals surface area contributed by atoms with Crippen molar-refractivity contribution >= 4 is 5.69 Å². The Bertz CT molecular complexity index is 292. The van der Waals surface area contributed by atoms with Crippen molar-refractivity contribution in [3.8, 4) is 0 Å². The summed E-state index contributed by atoms with van der Waals surface area (Å²) >= 11 is 0. The Balaban J connectivity index is 2.06. The first kappa shape index (κ1) is 9.53. The van der Waals surface area contributed by atoms with Crippen LogP contribution in [0.2, 0.25) is 0 Å². The van der Waals surface area contributed by atoms with Crippen LogP contribution in [-0.4, -0.2) is 31.2 Å². The maximum absolute atomic E-state index is 2.46. The predicted octanol–water partition coefficient (Wildman–Crippen LogP) is 2.09. The highest BCUT2D eigenvalue weighted by Gasteiger charge is 2.17. The van der Waals surface area contributed by atoms with Crippen molar-refractivity contribution < 1.29 is 0 Å². The SMILES string of the molecule is CCN1CCN(c2ccc(C)cc2)C1. The van der Waals surface area contributed by atoms with Gasteiger partial charge >= 0.3 is 0 Å². The summed E-state index contributed by atoms with van der Waals surface area (Å²) in [7, 11) is 0. The van der Waals surface area contributed by atoms with Gasteiger partial charge in [0.1, 0.15) is 0 Å². The summed E-state index contributed by atoms with van der Waals surface area (Å²) < 4.78 is 0. The Kier molecular flexibility index (Phi) is 2.73. The molecule has 0 bridgehead atoms. The first-order valence-corrected chi connectivity index (χ1v) is 5.33. The minimum atomic E-state index is 1.08. The second kappa shape index (κ2) is 4.01. The highest BCUT2D eigenvalue weighted by molar-refractivity contribution is 5.48. The Morgan fingerprint density at radius 1 is 1.14 bits per heavy atom. The van der Waals surface area contributed by atoms with E-state index < -0.39 is 0 Å². The molecule has 1 aromatic carbocycles. The summed E-state index contributed by atoms with van der Waals surface area (Å²) in [6.45, 7) is 8.95. The molecule has 0 atom stereocenters. The number of benzene rings is 1. The zero-order valence-electron chi connectivity index (χ0n) is 9.03. The van der Waals surface area contributed by atoms with E-state index in [1.807, 2.05) is 0 Å². The van der Waals surface area contributed by atoms with Gasteiger partial charge in [-0.2, -0.15) is 0 Å². The highest BCUT2D eigenvalue weighted by atomic mass is 15.4. The molecule has 0 unspecified atom stereocenters. The molecule has 1 aliphatic heterocycles. The van der Waals surface area contributed by atoms with Crippen LogP contribution in [0, 0.1) is 6.92 Å². The van der Waals surface area contributed by atoms with E-state index >= 15 is 0 Å². The molecular weight excluding hydrogens is 172 g/mol. The minimum Gasteiger partial charge on any atom is -0.357 e. The van der Waals surface area contributed by atoms with Gasteiger partial charge in [-0.1, -0.05) is 24.6 Å². The lowest BCUT2D eigenvalue weighted by Gasteiger charge is -2.19. The van der Waals surface area contributed by atoms with Gasteiger partial charge in [0.05, 0.1) is 6.67 Å². The summed E-state index contributed by atoms with van der Waals surface area (Å²) in [5.74, 6) is 0. The van der Waals surface area contributed by atoms with Crippen LogP contribution in [0.5, 0.6) is 0 Å². The number of aryl methyl sites for hydroxylation is 1. The number of likely N-dealkylation sites (N-methyl/N-ethyl adjacent to an activating group) is 1. The van der Waals surface area contributed by atoms with Gasteiger partial charge in [0.15, 0.2) is 0 Å². The summed E-state index contributed by atoms with van der Waals surface area (Å²) in [5.41, 5.74) is 2.69. The van der Waals surface area contributed by atoms with E-state index in [0.29, 0.717) is 0 Å². The van der Waals surface area contributed by atoms with Gasteiger partial charge in [-0.3, -0.25) is 4.90 Å². The molecule has 0 aliphatic carbocycles. The molecule has 1 saturated heterocycles. The lowest BCUT2D eigenvalue weighted by Crippen LogP contribution is -2.24. The van der Waals surface area contributed by atoms with Gasteiger partial charge in [-0.15, -0.1) is 0 Å². The molecule has 14 heavy (non-hydrogen) atoms. The quantitative estimate of drug-likeness (QED) is 0.704. The van der Waals surface area contributed by atoms with E-state index in [1.54, 1.807) is 0 Å². The molecule has 0 spiro atoms. The zero-order valence-corrected chi connectivity index (χ0v) is 9.03. The van der Waals surface area contributed by atoms with Crippen molar-refractivity contribution in [1.29, 1.82) is 0 Å². The van der Waals surface area contributed by atoms with E-state index in [1.165, 1.54) is 17.8 Å². The third-order valence-electron chi connectivity index (χ3n) is 2.90. The molecule has 0 radical (unpaired) electrons. The number of rotatable bonds is 2. The van der Waals surface area contributed by atoms with Crippen LogP contribution in [0.1, 0.15) is 12.5 Å². The molecule has 0 saturated carbocycles. The first-order chi connectivity index (χ1) is 6.79. The van der Waals surface area contributed by atoms with Crippen LogP contribution in [0.25, 0.3) is 0 Å². The predicted molar refractivity (Wildman–Crippen MR) is 60.6 cm³/mol. The third-order valence-corrected chi connectivity index (χ3v) is 2.90. The normalized spacial score (nSPS) is 17.7. The highest BCUT2D eigenvalue weighted by Crippen LogP contribution is 2.18. The molecule has 0 amide bonds. The number of hydrogen-bond donors (Lipinski definition) is 0. The van der Waals surface area contributed by atoms with Crippen LogP contribution in [0.15, 0.2) is 24.3 Å². The number of nitrogens with zero attached hydrogens (tertiary/aromatic N) is 2. The number of hydrogen-bond acceptors (Lipinski definition) is 2. The second-order valence-corrected chi connectivity index (χ2v) is 3.95. The Morgan fingerprint density at radius 2 is 1.86 bits per heavy atom. The molecule has 1 aliphatic rings. The zero-order chi connectivity index (χ0) is 9.97. The first-order valence-electron chi connectivity index (χ1n) is 5.33. The summed E-state index contributed by atoms with van der Waals surface area (Å²) in [6, 6.07) is 8.80. The van der Waals surface area contributed by atoms with Crippen LogP contribution in [0.3, 0.4) is 0 Å². The lowest BCUT2D eigenvalue weighted by molar-refractivity contribution is 0.361. The van der Waals surface area contributed by atoms with E-state index in [2.05, 4.69) is 47.9 Å². The van der Waals surface area contributed by atoms with E-state index in [9.17, 15) is 0 Å². The Labute approximate surface area is 86.1 Å². The minimum absolute atomic E-state index is 1.08. The largest absolute Gasteiger partial charge is 0.357 e. The van der Waals surface area contributed by atoms with Crippen LogP contribution >= 0.6 is 0 Å². The average Bonchev–Trinajstić information content (AvgIpc) is 2.67. The van der Waals surface area contributed by atoms with Crippen molar-refractivity contribution in [2.24, 2.45) is 0 Å². The Morgan fingerprint density at radius 3 is 2.43 bits per heavy atom. The van der Waals surface area contributed by atoms with Gasteiger partial charge in [0.25, 0.3) is 0 Å². The molecule has 2 heteroatoms. The molecule has 2 nitrogen and oxygen atoms in total. The number of anilines is 1. The van der Waals surface area contributed by atoms with Gasteiger partial charge in [-0.05, 0) is 25.6 Å². The van der Waals surface area contributed by atoms with E-state index in [-0.39, 0.29) is 0 Å². The maximum Gasteiger partial charge on any atom is 0.0708 e. The summed E-state index contributed by atoms with van der Waals surface area (Å²) in [5, 5.41) is 0. The molecule has 76 valence electrons. The molecule has 1 aromatic rings. The fourth-order valence-corrected chi connectivity index (χ4v) is 1.87. The van der Waals surface area contributed by atoms with Crippen molar-refractivity contribution in [3.05, 3.63) is 29.8 Å². The average molecular weight is 190 g/mol. The Hall–Kier alpha value is -1.02. The van der Waals surface area contributed by atoms with Crippen LogP contribution < -0.4 is 4.90 Å². The molecular formula is C12H18N2. The molecule has 1 fully saturated rings. The lowest BCUT2D eigenvalue weighted by atomic mass is 10.2. The van der Waals surface area contributed by atoms with E-state index in [4.69, 9.17) is 0 Å². The van der Waals surface area contributed by atoms with Crippen molar-refractivity contribution in [3.63, 3.8) is 0 Å². The molecule has 2 rings (SSSR count). The summed E-state index contributed by atoms with van der Waals surface area (Å²) in [4.78, 5) is 4.89. The topological polar surface area (TPSA) is 6.48 Å². The van der Waals surface area contributed by atoms with Crippen molar-refractivity contribution in [1.82, 2.24) is 4.90 Å². The monoisotopic (exact) mass is 190 g/mol. The van der Waals surface area contributed by atoms with Crippen LogP contribution in [-0.2, 0) is 0 Å². The third kappa shape index (κ3) is 1.90. The molecule has 1 heterocycles. The summed E-state index contributed by atoms with van der Waals surface area (Å²) in [6.07, 6.45) is 0. The van der Waals surface area contributed by atoms with Gasteiger partial charge in [-0.25, -0.2) is 0 Å². The van der Waals surface area contributed by atoms with Gasteiger partial charge in [0.2, 0.25) is 0 Å². The molecule has 0 N–H and O–H groups in total. The second-order valence-electron chi connectivity index (χ2n) is 3.95. The van der Waals surface area contributed by atoms with Gasteiger partial charge in [0, 0.05) is 18.8 Å². The standard InChI is InChI=1S/C12H18N2/c1-3-13-8-9-14(10-13)12-6-4-11(2)5-7-12/h4-7H,3,8-10H2,1-2H3.